The molecule has 1 aliphatic rings. The van der Waals surface area contributed by atoms with Crippen molar-refractivity contribution in [2.75, 3.05) is 13.7 Å². The highest BCUT2D eigenvalue weighted by molar-refractivity contribution is 9.10. The summed E-state index contributed by atoms with van der Waals surface area (Å²) in [4.78, 5) is 17.5. The molecule has 9 heteroatoms. The molecule has 0 radical (unpaired) electrons. The van der Waals surface area contributed by atoms with Crippen LogP contribution in [0.2, 0.25) is 5.02 Å². The second kappa shape index (κ2) is 11.7. The van der Waals surface area contributed by atoms with Gasteiger partial charge < -0.3 is 19.5 Å². The average molecular weight is 574 g/mol. The molecule has 0 saturated carbocycles. The van der Waals surface area contributed by atoms with Crippen molar-refractivity contribution in [1.82, 2.24) is 5.32 Å². The molecule has 0 spiro atoms. The van der Waals surface area contributed by atoms with Gasteiger partial charge in [0.2, 0.25) is 0 Å². The third kappa shape index (κ3) is 6.60. The van der Waals surface area contributed by atoms with Crippen LogP contribution >= 0.6 is 39.3 Å². The highest BCUT2D eigenvalue weighted by Crippen LogP contribution is 2.38. The SMILES string of the molecule is CCOc1ccc(N=C2NC(=O)/C(=C\c3cc(Cl)c(OCc4ccc(Br)cc4)c(OC)c3)S2)cc1. The monoisotopic (exact) mass is 572 g/mol. The number of hydrogen-bond acceptors (Lipinski definition) is 6. The predicted molar refractivity (Wildman–Crippen MR) is 145 cm³/mol. The second-order valence-corrected chi connectivity index (χ2v) is 9.71. The third-order valence-electron chi connectivity index (χ3n) is 4.88. The Bertz CT molecular complexity index is 1280. The zero-order valence-electron chi connectivity index (χ0n) is 19.0. The zero-order chi connectivity index (χ0) is 24.8. The maximum Gasteiger partial charge on any atom is 0.264 e. The molecule has 1 aliphatic heterocycles. The normalized spacial score (nSPS) is 15.4. The lowest BCUT2D eigenvalue weighted by molar-refractivity contribution is -0.115. The van der Waals surface area contributed by atoms with Crippen molar-refractivity contribution >= 4 is 62.1 Å². The highest BCUT2D eigenvalue weighted by Gasteiger charge is 2.24. The van der Waals surface area contributed by atoms with E-state index in [1.807, 2.05) is 55.5 Å². The largest absolute Gasteiger partial charge is 0.494 e. The van der Waals surface area contributed by atoms with E-state index in [0.29, 0.717) is 45.4 Å². The van der Waals surface area contributed by atoms with Crippen LogP contribution in [0.1, 0.15) is 18.1 Å². The minimum Gasteiger partial charge on any atom is -0.494 e. The van der Waals surface area contributed by atoms with E-state index >= 15 is 0 Å². The van der Waals surface area contributed by atoms with Gasteiger partial charge in [-0.15, -0.1) is 0 Å². The van der Waals surface area contributed by atoms with Crippen molar-refractivity contribution in [2.24, 2.45) is 4.99 Å². The molecule has 1 fully saturated rings. The lowest BCUT2D eigenvalue weighted by atomic mass is 10.1. The molecule has 1 saturated heterocycles. The van der Waals surface area contributed by atoms with Crippen LogP contribution in [0.4, 0.5) is 5.69 Å². The van der Waals surface area contributed by atoms with Crippen molar-refractivity contribution in [1.29, 1.82) is 0 Å². The predicted octanol–water partition coefficient (Wildman–Crippen LogP) is 6.98. The Morgan fingerprint density at radius 1 is 1.09 bits per heavy atom. The second-order valence-electron chi connectivity index (χ2n) is 7.36. The van der Waals surface area contributed by atoms with Gasteiger partial charge >= 0.3 is 0 Å². The van der Waals surface area contributed by atoms with Crippen LogP contribution in [0.3, 0.4) is 0 Å². The maximum atomic E-state index is 12.5. The Kier molecular flexibility index (Phi) is 8.38. The molecule has 0 aromatic heterocycles. The van der Waals surface area contributed by atoms with Gasteiger partial charge in [0.25, 0.3) is 5.91 Å². The molecule has 0 atom stereocenters. The van der Waals surface area contributed by atoms with Gasteiger partial charge in [0.1, 0.15) is 12.4 Å². The molecule has 0 unspecified atom stereocenters. The number of carbonyl (C=O) groups excluding carboxylic acids is 1. The van der Waals surface area contributed by atoms with Gasteiger partial charge in [0.05, 0.1) is 29.3 Å². The van der Waals surface area contributed by atoms with Crippen LogP contribution in [-0.4, -0.2) is 24.8 Å². The Hall–Kier alpha value is -2.94. The van der Waals surface area contributed by atoms with Crippen molar-refractivity contribution in [3.63, 3.8) is 0 Å². The van der Waals surface area contributed by atoms with Crippen LogP contribution in [0, 0.1) is 0 Å². The summed E-state index contributed by atoms with van der Waals surface area (Å²) < 4.78 is 17.9. The summed E-state index contributed by atoms with van der Waals surface area (Å²) in [6.07, 6.45) is 1.74. The van der Waals surface area contributed by atoms with Crippen molar-refractivity contribution < 1.29 is 19.0 Å². The minimum atomic E-state index is -0.231. The number of nitrogens with one attached hydrogen (secondary N) is 1. The first-order chi connectivity index (χ1) is 16.9. The van der Waals surface area contributed by atoms with Crippen LogP contribution in [0.5, 0.6) is 17.2 Å². The van der Waals surface area contributed by atoms with Crippen molar-refractivity contribution in [3.05, 3.63) is 86.2 Å². The number of amidine groups is 1. The molecule has 35 heavy (non-hydrogen) atoms. The number of rotatable bonds is 8. The number of nitrogens with zero attached hydrogens (tertiary/aromatic N) is 1. The van der Waals surface area contributed by atoms with E-state index in [2.05, 4.69) is 26.2 Å². The molecule has 180 valence electrons. The lowest BCUT2D eigenvalue weighted by Crippen LogP contribution is -2.19. The number of aliphatic imine (C=N–C) groups is 1. The maximum absolute atomic E-state index is 12.5. The topological polar surface area (TPSA) is 69.2 Å². The van der Waals surface area contributed by atoms with E-state index in [1.54, 1.807) is 25.3 Å². The number of methoxy groups -OCH3 is 1. The molecule has 1 heterocycles. The zero-order valence-corrected chi connectivity index (χ0v) is 22.2. The van der Waals surface area contributed by atoms with Gasteiger partial charge in [-0.25, -0.2) is 4.99 Å². The minimum absolute atomic E-state index is 0.231. The van der Waals surface area contributed by atoms with Gasteiger partial charge in [0.15, 0.2) is 16.7 Å². The molecule has 0 bridgehead atoms. The number of halogens is 2. The number of benzene rings is 3. The fourth-order valence-corrected chi connectivity index (χ4v) is 4.61. The summed E-state index contributed by atoms with van der Waals surface area (Å²) in [5.41, 5.74) is 2.42. The van der Waals surface area contributed by atoms with Crippen molar-refractivity contribution in [2.45, 2.75) is 13.5 Å². The van der Waals surface area contributed by atoms with Gasteiger partial charge in [-0.1, -0.05) is 39.7 Å². The first-order valence-electron chi connectivity index (χ1n) is 10.7. The summed E-state index contributed by atoms with van der Waals surface area (Å²) >= 11 is 11.2. The van der Waals surface area contributed by atoms with Gasteiger partial charge in [-0.05, 0) is 84.4 Å². The van der Waals surface area contributed by atoms with Crippen molar-refractivity contribution in [3.8, 4) is 17.2 Å². The molecular formula is C26H22BrClN2O4S. The van der Waals surface area contributed by atoms with E-state index in [9.17, 15) is 4.79 Å². The number of amides is 1. The number of hydrogen-bond donors (Lipinski definition) is 1. The Labute approximate surface area is 221 Å². The van der Waals surface area contributed by atoms with E-state index in [0.717, 1.165) is 21.5 Å². The molecule has 0 aliphatic carbocycles. The smallest absolute Gasteiger partial charge is 0.264 e. The lowest BCUT2D eigenvalue weighted by Gasteiger charge is -2.13. The van der Waals surface area contributed by atoms with Crippen LogP contribution in [0.15, 0.2) is 75.0 Å². The number of ether oxygens (including phenoxy) is 3. The fraction of sp³-hybridized carbons (Fsp3) is 0.154. The summed E-state index contributed by atoms with van der Waals surface area (Å²) in [6.45, 7) is 2.87. The standard InChI is InChI=1S/C26H22BrClN2O4S/c1-3-33-20-10-8-19(9-11-20)29-26-30-25(31)23(35-26)14-17-12-21(28)24(22(13-17)32-2)34-15-16-4-6-18(27)7-5-16/h4-14H,3,15H2,1-2H3,(H,29,30,31)/b23-14+. The van der Waals surface area contributed by atoms with Gasteiger partial charge in [-0.3, -0.25) is 4.79 Å². The van der Waals surface area contributed by atoms with E-state index in [1.165, 1.54) is 11.8 Å². The Morgan fingerprint density at radius 2 is 1.83 bits per heavy atom. The molecule has 1 N–H and O–H groups in total. The van der Waals surface area contributed by atoms with Gasteiger partial charge in [-0.2, -0.15) is 0 Å². The highest BCUT2D eigenvalue weighted by atomic mass is 79.9. The first-order valence-corrected chi connectivity index (χ1v) is 12.7. The van der Waals surface area contributed by atoms with E-state index in [-0.39, 0.29) is 5.91 Å². The molecule has 6 nitrogen and oxygen atoms in total. The average Bonchev–Trinajstić information content (AvgIpc) is 3.18. The molecule has 4 rings (SSSR count). The molecule has 1 amide bonds. The van der Waals surface area contributed by atoms with Gasteiger partial charge in [0, 0.05) is 4.47 Å². The summed E-state index contributed by atoms with van der Waals surface area (Å²) in [5.74, 6) is 1.47. The Balaban J connectivity index is 1.49. The summed E-state index contributed by atoms with van der Waals surface area (Å²) in [6, 6.07) is 18.7. The summed E-state index contributed by atoms with van der Waals surface area (Å²) in [7, 11) is 1.55. The quantitative estimate of drug-likeness (QED) is 0.295. The van der Waals surface area contributed by atoms with E-state index < -0.39 is 0 Å². The molecule has 3 aromatic rings. The molecule has 3 aromatic carbocycles. The number of thioether (sulfide) groups is 1. The fourth-order valence-electron chi connectivity index (χ4n) is 3.23. The number of carbonyl (C=O) groups is 1. The van der Waals surface area contributed by atoms with Crippen LogP contribution in [0.25, 0.3) is 6.08 Å². The summed E-state index contributed by atoms with van der Waals surface area (Å²) in [5, 5.41) is 3.68. The molecular weight excluding hydrogens is 552 g/mol. The Morgan fingerprint density at radius 3 is 2.51 bits per heavy atom. The van der Waals surface area contributed by atoms with Crippen LogP contribution in [-0.2, 0) is 11.4 Å². The third-order valence-corrected chi connectivity index (χ3v) is 6.59. The van der Waals surface area contributed by atoms with Crippen LogP contribution < -0.4 is 19.5 Å². The first kappa shape index (κ1) is 25.2. The van der Waals surface area contributed by atoms with E-state index in [4.69, 9.17) is 25.8 Å².